The van der Waals surface area contributed by atoms with Gasteiger partial charge < -0.3 is 0 Å². The summed E-state index contributed by atoms with van der Waals surface area (Å²) in [6, 6.07) is 0. The summed E-state index contributed by atoms with van der Waals surface area (Å²) in [4.78, 5) is 20.3. The topological polar surface area (TPSA) is 34.1 Å². The number of alkyl halides is 5. The summed E-state index contributed by atoms with van der Waals surface area (Å²) >= 11 is 11.0. The van der Waals surface area contributed by atoms with E-state index < -0.39 is 16.0 Å². The summed E-state index contributed by atoms with van der Waals surface area (Å²) in [5.74, 6) is 0. The molecule has 0 rings (SSSR count). The normalized spacial score (nSPS) is 14.2. The minimum absolute atomic E-state index is 0.240. The van der Waals surface area contributed by atoms with Crippen LogP contribution in [0.25, 0.3) is 0 Å². The molecule has 184 valence electrons. The highest BCUT2D eigenvalue weighted by Gasteiger charge is 2.59. The van der Waals surface area contributed by atoms with E-state index in [-0.39, 0.29) is 5.24 Å². The molecule has 2 nitrogen and oxygen atoms in total. The quantitative estimate of drug-likeness (QED) is 0.0651. The zero-order valence-electron chi connectivity index (χ0n) is 18.2. The Balaban J connectivity index is 0. The smallest absolute Gasteiger partial charge is 0.281 e. The zero-order valence-corrected chi connectivity index (χ0v) is 21.2. The Morgan fingerprint density at radius 1 is 0.750 bits per heavy atom. The lowest BCUT2D eigenvalue weighted by Gasteiger charge is -2.16. The molecule has 0 N–H and O–H groups in total. The van der Waals surface area contributed by atoms with Crippen LogP contribution in [0, 0.1) is 0 Å². The van der Waals surface area contributed by atoms with Gasteiger partial charge in [0.05, 0.1) is 0 Å². The molecule has 0 spiro atoms. The molecule has 0 bridgehead atoms. The van der Waals surface area contributed by atoms with Gasteiger partial charge in [0.15, 0.2) is 0 Å². The largest absolute Gasteiger partial charge is 0.441 e. The van der Waals surface area contributed by atoms with Crippen molar-refractivity contribution in [3.8, 4) is 0 Å². The molecule has 1 unspecified atom stereocenters. The number of carbonyl (C=O) groups is 2. The van der Waals surface area contributed by atoms with Crippen molar-refractivity contribution >= 4 is 49.6 Å². The summed E-state index contributed by atoms with van der Waals surface area (Å²) in [5, 5.41) is -2.38. The van der Waals surface area contributed by atoms with Gasteiger partial charge in [0.1, 0.15) is 0 Å². The van der Waals surface area contributed by atoms with E-state index >= 15 is 0 Å². The van der Waals surface area contributed by atoms with Crippen LogP contribution >= 0.6 is 39.1 Å². The van der Waals surface area contributed by atoms with Crippen molar-refractivity contribution in [2.75, 3.05) is 0 Å². The Bertz CT molecular complexity index is 628. The molecule has 0 radical (unpaired) electrons. The number of unbranched alkanes of at least 4 members (excludes halogenated alkanes) is 4. The van der Waals surface area contributed by atoms with Crippen molar-refractivity contribution in [2.45, 2.75) is 81.9 Å². The molecule has 0 amide bonds. The zero-order chi connectivity index (χ0) is 24.9. The van der Waals surface area contributed by atoms with Gasteiger partial charge in [0.2, 0.25) is 5.24 Å². The number of carbonyl (C=O) groups excluding carboxylic acids is 2. The van der Waals surface area contributed by atoms with Gasteiger partial charge in [-0.15, -0.1) is 0 Å². The third-order valence-corrected chi connectivity index (χ3v) is 5.29. The maximum Gasteiger partial charge on any atom is 0.441 e. The van der Waals surface area contributed by atoms with Crippen molar-refractivity contribution in [2.24, 2.45) is 0 Å². The molecular formula is C23H31BrCl2F4O2. The van der Waals surface area contributed by atoms with Gasteiger partial charge in [-0.2, -0.15) is 13.2 Å². The highest BCUT2D eigenvalue weighted by molar-refractivity contribution is 9.10. The van der Waals surface area contributed by atoms with Gasteiger partial charge in [0.25, 0.3) is 5.24 Å². The second-order valence-corrected chi connectivity index (χ2v) is 8.54. The lowest BCUT2D eigenvalue weighted by Crippen LogP contribution is -2.39. The summed E-state index contributed by atoms with van der Waals surface area (Å²) in [6.45, 7) is 2.24. The molecule has 32 heavy (non-hydrogen) atoms. The van der Waals surface area contributed by atoms with Crippen LogP contribution in [0.15, 0.2) is 48.6 Å². The first-order valence-electron chi connectivity index (χ1n) is 10.4. The molecular weight excluding hydrogens is 535 g/mol. The van der Waals surface area contributed by atoms with Crippen LogP contribution in [-0.4, -0.2) is 21.2 Å². The van der Waals surface area contributed by atoms with Crippen LogP contribution in [0.4, 0.5) is 17.6 Å². The highest BCUT2D eigenvalue weighted by Crippen LogP contribution is 2.40. The molecule has 0 aromatic carbocycles. The predicted octanol–water partition coefficient (Wildman–Crippen LogP) is 9.27. The summed E-state index contributed by atoms with van der Waals surface area (Å²) < 4.78 is 42.0. The van der Waals surface area contributed by atoms with E-state index in [4.69, 9.17) is 11.6 Å². The average Bonchev–Trinajstić information content (AvgIpc) is 2.69. The molecule has 0 heterocycles. The van der Waals surface area contributed by atoms with Gasteiger partial charge in [0, 0.05) is 6.42 Å². The van der Waals surface area contributed by atoms with Crippen LogP contribution in [0.5, 0.6) is 0 Å². The average molecular weight is 566 g/mol. The van der Waals surface area contributed by atoms with E-state index in [2.05, 4.69) is 67.1 Å². The van der Waals surface area contributed by atoms with Crippen molar-refractivity contribution in [3.63, 3.8) is 0 Å². The van der Waals surface area contributed by atoms with Crippen LogP contribution in [0.2, 0.25) is 0 Å². The fourth-order valence-corrected chi connectivity index (χ4v) is 2.27. The highest BCUT2D eigenvalue weighted by atomic mass is 79.9. The summed E-state index contributed by atoms with van der Waals surface area (Å²) in [7, 11) is 0. The van der Waals surface area contributed by atoms with E-state index in [0.29, 0.717) is 6.42 Å². The first-order valence-corrected chi connectivity index (χ1v) is 11.9. The fraction of sp³-hybridized carbons (Fsp3) is 0.565. The van der Waals surface area contributed by atoms with Crippen molar-refractivity contribution in [1.29, 1.82) is 0 Å². The second-order valence-electron chi connectivity index (χ2n) is 6.68. The second kappa shape index (κ2) is 20.7. The Morgan fingerprint density at radius 3 is 1.47 bits per heavy atom. The lowest BCUT2D eigenvalue weighted by atomic mass is 10.2. The van der Waals surface area contributed by atoms with Crippen LogP contribution in [-0.2, 0) is 9.59 Å². The number of hydrogen-bond acceptors (Lipinski definition) is 2. The van der Waals surface area contributed by atoms with Gasteiger partial charge in [-0.1, -0.05) is 68.4 Å². The SMILES string of the molecule is CCCCC/C=C\C/C=C\C/C=C\C/C=C\CCCC(=O)Cl.O=C(Cl)C(F)(Br)C(F)(F)F. The Hall–Kier alpha value is -0.920. The van der Waals surface area contributed by atoms with E-state index in [0.717, 1.165) is 32.1 Å². The van der Waals surface area contributed by atoms with Crippen molar-refractivity contribution < 1.29 is 27.2 Å². The van der Waals surface area contributed by atoms with Gasteiger partial charge in [-0.3, -0.25) is 9.59 Å². The lowest BCUT2D eigenvalue weighted by molar-refractivity contribution is -0.190. The molecule has 1 atom stereocenters. The molecule has 0 fully saturated rings. The van der Waals surface area contributed by atoms with E-state index in [1.807, 2.05) is 0 Å². The number of halogens is 7. The molecule has 0 aliphatic carbocycles. The Labute approximate surface area is 206 Å². The van der Waals surface area contributed by atoms with Gasteiger partial charge >= 0.3 is 10.8 Å². The van der Waals surface area contributed by atoms with Crippen LogP contribution in [0.1, 0.15) is 71.1 Å². The Morgan fingerprint density at radius 2 is 1.16 bits per heavy atom. The van der Waals surface area contributed by atoms with Gasteiger partial charge in [-0.25, -0.2) is 4.39 Å². The summed E-state index contributed by atoms with van der Waals surface area (Å²) in [5.41, 5.74) is 0. The third-order valence-electron chi connectivity index (χ3n) is 3.80. The standard InChI is InChI=1S/C20H31ClO.C3BrClF4O/c1-2-3-4-5-6-7-8-9-10-11-12-13-14-15-16-17-18-19-20(21)22;4-2(6,1(5)10)3(7,8)9/h6-7,9-10,12-13,15-16H,2-5,8,11,14,17-19H2,1H3;/b7-6-,10-9-,13-12-,16-15-;. The molecule has 0 saturated carbocycles. The van der Waals surface area contributed by atoms with Crippen LogP contribution in [0.3, 0.4) is 0 Å². The minimum atomic E-state index is -5.31. The fourth-order valence-electron chi connectivity index (χ4n) is 2.03. The van der Waals surface area contributed by atoms with Crippen molar-refractivity contribution in [1.82, 2.24) is 0 Å². The predicted molar refractivity (Wildman–Crippen MR) is 129 cm³/mol. The van der Waals surface area contributed by atoms with Gasteiger partial charge in [-0.05, 0) is 84.1 Å². The molecule has 0 aromatic rings. The maximum atomic E-state index is 12.0. The van der Waals surface area contributed by atoms with E-state index in [1.165, 1.54) is 41.6 Å². The third kappa shape index (κ3) is 21.0. The number of hydrogen-bond donors (Lipinski definition) is 0. The monoisotopic (exact) mass is 564 g/mol. The molecule has 9 heteroatoms. The molecule has 0 aliphatic heterocycles. The number of allylic oxidation sites excluding steroid dienone is 8. The molecule has 0 saturated heterocycles. The molecule has 0 aromatic heterocycles. The first-order chi connectivity index (χ1) is 15.0. The molecule has 0 aliphatic rings. The Kier molecular flexibility index (Phi) is 21.5. The first kappa shape index (κ1) is 33.3. The van der Waals surface area contributed by atoms with Crippen LogP contribution < -0.4 is 0 Å². The minimum Gasteiger partial charge on any atom is -0.281 e. The van der Waals surface area contributed by atoms with E-state index in [1.54, 1.807) is 0 Å². The van der Waals surface area contributed by atoms with Crippen molar-refractivity contribution in [3.05, 3.63) is 48.6 Å². The maximum absolute atomic E-state index is 12.0. The van der Waals surface area contributed by atoms with E-state index in [9.17, 15) is 27.2 Å². The number of rotatable bonds is 15. The summed E-state index contributed by atoms with van der Waals surface area (Å²) in [6.07, 6.45) is 22.7.